The predicted octanol–water partition coefficient (Wildman–Crippen LogP) is 26.6. The van der Waals surface area contributed by atoms with Crippen LogP contribution in [-0.2, 0) is 45.3 Å². The summed E-state index contributed by atoms with van der Waals surface area (Å²) in [6.45, 7) is 12.8. The van der Waals surface area contributed by atoms with Gasteiger partial charge in [-0.1, -0.05) is 286 Å². The Hall–Kier alpha value is -10.7. The lowest BCUT2D eigenvalue weighted by Crippen LogP contribution is -2.56. The quantitative estimate of drug-likeness (QED) is 0.135. The van der Waals surface area contributed by atoms with E-state index in [1.54, 1.807) is 22.3 Å². The van der Waals surface area contributed by atoms with Crippen molar-refractivity contribution in [1.82, 2.24) is 0 Å². The van der Waals surface area contributed by atoms with Crippen LogP contribution in [0.4, 0.5) is 0 Å². The smallest absolute Gasteiger partial charge is 0.0725 e. The second-order valence-electron chi connectivity index (χ2n) is 35.7. The van der Waals surface area contributed by atoms with Gasteiger partial charge in [0.2, 0.25) is 0 Å². The largest absolute Gasteiger partial charge is 0.0985 e. The van der Waals surface area contributed by atoms with E-state index in [0.717, 1.165) is 23.7 Å². The molecule has 13 aliphatic carbocycles. The van der Waals surface area contributed by atoms with E-state index in [1.165, 1.54) is 246 Å². The molecular weight excluding hydrogens is 1300 g/mol. The first kappa shape index (κ1) is 63.4. The fraction of sp³-hybridized carbons (Fsp3) is 0.241. The highest BCUT2D eigenvalue weighted by Gasteiger charge is 2.61. The molecule has 4 unspecified atom stereocenters. The van der Waals surface area contributed by atoms with Crippen molar-refractivity contribution in [2.24, 2.45) is 23.7 Å². The molecule has 13 aromatic carbocycles. The number of hydrogen-bond donors (Lipinski definition) is 0. The van der Waals surface area contributed by atoms with Gasteiger partial charge in [0.15, 0.2) is 0 Å². The second-order valence-corrected chi connectivity index (χ2v) is 35.7. The van der Waals surface area contributed by atoms with Crippen molar-refractivity contribution >= 4 is 12.2 Å². The number of hydrogen-bond acceptors (Lipinski definition) is 0. The maximum Gasteiger partial charge on any atom is 0.0725 e. The molecule has 0 heterocycles. The van der Waals surface area contributed by atoms with Crippen LogP contribution < -0.4 is 0 Å². The van der Waals surface area contributed by atoms with E-state index < -0.39 is 0 Å². The highest BCUT2D eigenvalue weighted by Crippen LogP contribution is 2.70. The zero-order valence-corrected chi connectivity index (χ0v) is 62.3. The topological polar surface area (TPSA) is 0 Å². The Balaban J connectivity index is 0.000000131. The Morgan fingerprint density at radius 1 is 0.259 bits per heavy atom. The van der Waals surface area contributed by atoms with Crippen molar-refractivity contribution in [1.29, 1.82) is 0 Å². The number of rotatable bonds is 9. The standard InChI is InChI=1S/C57H46.C51H44/c1-2-36-11-21-45(22-12-36)55-31-37-27-38(32-55)34-56(33-37,35-55)46-23-17-40(18-24-46)43-19-25-49-50-26-20-44(42-16-14-39-13-15-41(39)28-42)30-54(50)57(53(49)29-43)51-9-5-3-7-47(51)48-8-4-6-10-52(48)57;1-4-34-17-20-38(21-18-34)49-27-35-25-36(28-49)30-50(29-35,31-49)47-24-32(2)43(23-33(47)3)37-19-22-42-41-13-7-10-16-46(41)51(48(42)26-37)44-14-8-5-11-39(44)40-12-6-9-15-45(40)51/h2-12,14,16-26,28-30,37-38H,1,13,15,27,31-35H2;4-24,26,35-36H,1,25,27-31H2,2-3H3. The molecule has 8 saturated carbocycles. The summed E-state index contributed by atoms with van der Waals surface area (Å²) in [6, 6.07) is 109. The third kappa shape index (κ3) is 8.75. The lowest BCUT2D eigenvalue weighted by molar-refractivity contribution is -0.0284. The summed E-state index contributed by atoms with van der Waals surface area (Å²) in [5.74, 6) is 3.32. The zero-order chi connectivity index (χ0) is 71.6. The number of fused-ring (bicyclic) bond motifs is 21. The highest BCUT2D eigenvalue weighted by atomic mass is 14.6. The average Bonchev–Trinajstić information content (AvgIpc) is 1.51. The van der Waals surface area contributed by atoms with Crippen molar-refractivity contribution < 1.29 is 0 Å². The molecule has 0 amide bonds. The summed E-state index contributed by atoms with van der Waals surface area (Å²) in [6.07, 6.45) is 22.6. The van der Waals surface area contributed by atoms with Gasteiger partial charge in [0.05, 0.1) is 10.8 Å². The molecular formula is C108H90. The lowest BCUT2D eigenvalue weighted by atomic mass is 9.41. The molecule has 26 rings (SSSR count). The van der Waals surface area contributed by atoms with Gasteiger partial charge in [-0.3, -0.25) is 0 Å². The van der Waals surface area contributed by atoms with Gasteiger partial charge in [0, 0.05) is 0 Å². The first-order valence-corrected chi connectivity index (χ1v) is 40.7. The van der Waals surface area contributed by atoms with Crippen molar-refractivity contribution in [3.63, 3.8) is 0 Å². The molecule has 108 heavy (non-hydrogen) atoms. The van der Waals surface area contributed by atoms with E-state index in [1.807, 2.05) is 12.2 Å². The molecule has 13 aliphatic rings. The van der Waals surface area contributed by atoms with E-state index in [0.29, 0.717) is 10.8 Å². The van der Waals surface area contributed by atoms with Crippen molar-refractivity contribution in [3.8, 4) is 77.9 Å². The van der Waals surface area contributed by atoms with Gasteiger partial charge in [-0.05, 0) is 345 Å². The molecule has 0 nitrogen and oxygen atoms in total. The van der Waals surface area contributed by atoms with Crippen LogP contribution in [0.3, 0.4) is 0 Å². The van der Waals surface area contributed by atoms with Gasteiger partial charge in [0.1, 0.15) is 0 Å². The summed E-state index contributed by atoms with van der Waals surface area (Å²) in [7, 11) is 0. The Labute approximate surface area is 638 Å². The molecule has 0 saturated heterocycles. The fourth-order valence-corrected chi connectivity index (χ4v) is 26.6. The van der Waals surface area contributed by atoms with Crippen LogP contribution in [0.15, 0.2) is 292 Å². The van der Waals surface area contributed by atoms with Gasteiger partial charge in [-0.2, -0.15) is 0 Å². The van der Waals surface area contributed by atoms with Crippen LogP contribution in [-0.4, -0.2) is 0 Å². The van der Waals surface area contributed by atoms with Crippen LogP contribution in [0.2, 0.25) is 0 Å². The fourth-order valence-electron chi connectivity index (χ4n) is 26.6. The minimum Gasteiger partial charge on any atom is -0.0985 e. The third-order valence-corrected chi connectivity index (χ3v) is 30.2. The van der Waals surface area contributed by atoms with E-state index in [4.69, 9.17) is 0 Å². The van der Waals surface area contributed by atoms with Gasteiger partial charge in [0.25, 0.3) is 0 Å². The first-order chi connectivity index (χ1) is 53.0. The molecule has 0 aliphatic heterocycles. The Morgan fingerprint density at radius 2 is 0.583 bits per heavy atom. The monoisotopic (exact) mass is 1390 g/mol. The van der Waals surface area contributed by atoms with Crippen LogP contribution in [0.5, 0.6) is 0 Å². The molecule has 0 heteroatoms. The van der Waals surface area contributed by atoms with Crippen LogP contribution in [0.1, 0.15) is 177 Å². The minimum absolute atomic E-state index is 0.273. The molecule has 8 fully saturated rings. The maximum absolute atomic E-state index is 4.02. The van der Waals surface area contributed by atoms with Gasteiger partial charge < -0.3 is 0 Å². The molecule has 522 valence electrons. The van der Waals surface area contributed by atoms with E-state index >= 15 is 0 Å². The van der Waals surface area contributed by atoms with Crippen LogP contribution >= 0.6 is 0 Å². The lowest BCUT2D eigenvalue weighted by Gasteiger charge is -2.63. The normalized spacial score (nSPS) is 25.0. The molecule has 0 radical (unpaired) electrons. The van der Waals surface area contributed by atoms with Gasteiger partial charge in [-0.15, -0.1) is 0 Å². The molecule has 0 N–H and O–H groups in total. The number of aryl methyl sites for hydroxylation is 4. The highest BCUT2D eigenvalue weighted by molar-refractivity contribution is 5.99. The first-order valence-electron chi connectivity index (χ1n) is 40.7. The van der Waals surface area contributed by atoms with Crippen LogP contribution in [0, 0.1) is 37.5 Å². The summed E-state index contributed by atoms with van der Waals surface area (Å²) in [5, 5.41) is 0. The third-order valence-electron chi connectivity index (χ3n) is 30.2. The van der Waals surface area contributed by atoms with Crippen LogP contribution in [0.25, 0.3) is 90.0 Å². The Bertz CT molecular complexity index is 5860. The summed E-state index contributed by atoms with van der Waals surface area (Å²) in [5.41, 5.74) is 45.3. The average molecular weight is 1390 g/mol. The summed E-state index contributed by atoms with van der Waals surface area (Å²) >= 11 is 0. The van der Waals surface area contributed by atoms with E-state index in [-0.39, 0.29) is 21.7 Å². The molecule has 13 aromatic rings. The Kier molecular flexibility index (Phi) is 13.5. The summed E-state index contributed by atoms with van der Waals surface area (Å²) < 4.78 is 0. The molecule has 0 aromatic heterocycles. The van der Waals surface area contributed by atoms with E-state index in [9.17, 15) is 0 Å². The van der Waals surface area contributed by atoms with E-state index in [2.05, 4.69) is 306 Å². The van der Waals surface area contributed by atoms with Gasteiger partial charge in [-0.25, -0.2) is 0 Å². The second kappa shape index (κ2) is 22.9. The number of benzene rings is 13. The molecule has 2 spiro atoms. The van der Waals surface area contributed by atoms with Crippen molar-refractivity contribution in [3.05, 3.63) is 392 Å². The predicted molar refractivity (Wildman–Crippen MR) is 448 cm³/mol. The minimum atomic E-state index is -0.374. The maximum atomic E-state index is 4.02. The molecule has 4 atom stereocenters. The summed E-state index contributed by atoms with van der Waals surface area (Å²) in [4.78, 5) is 0. The van der Waals surface area contributed by atoms with Gasteiger partial charge >= 0.3 is 0 Å². The Morgan fingerprint density at radius 3 is 0.991 bits per heavy atom. The molecule has 8 bridgehead atoms. The SMILES string of the molecule is C=Cc1ccc(C23CC4CC(C2)CC(c2cc(C)c(-c5ccc6c(c5)C5(c7ccccc7-c7ccccc75)c5ccccc5-6)cc2C)(C4)C3)cc1.C=Cc1ccc(C23CC4CC(C2)CC(c2ccc(-c5ccc6c(c5)C5(c7ccccc7-c7ccccc75)c5cc(-c7ccc8c(c7)CC8)ccc5-6)cc2)(C4)C3)cc1. The van der Waals surface area contributed by atoms with Crippen molar-refractivity contribution in [2.45, 2.75) is 136 Å². The van der Waals surface area contributed by atoms with Crippen molar-refractivity contribution in [2.75, 3.05) is 0 Å². The zero-order valence-electron chi connectivity index (χ0n) is 62.3.